The van der Waals surface area contributed by atoms with Gasteiger partial charge in [-0.2, -0.15) is 0 Å². The van der Waals surface area contributed by atoms with Crippen molar-refractivity contribution in [3.05, 3.63) is 24.7 Å². The van der Waals surface area contributed by atoms with Crippen LogP contribution in [0.4, 0.5) is 0 Å². The van der Waals surface area contributed by atoms with Crippen molar-refractivity contribution in [2.45, 2.75) is 0 Å². The Hall–Kier alpha value is 0.505. The standard InChI is InChI=1S/C4H4O.ClH.Hg/c1-2-4-5-3-1;;/h1-4H;1H;/q;;+1/p-1. The molecule has 0 aliphatic rings. The normalized spacial score (nSPS) is 6.71. The van der Waals surface area contributed by atoms with Gasteiger partial charge >= 0.3 is 33.1 Å². The molecular weight excluding hydrogens is 300 g/mol. The minimum atomic E-state index is 0.500. The molecule has 0 saturated heterocycles. The summed E-state index contributed by atoms with van der Waals surface area (Å²) in [6, 6.07) is 3.67. The Morgan fingerprint density at radius 1 is 1.14 bits per heavy atom. The fraction of sp³-hybridized carbons (Fsp3) is 0. The summed E-state index contributed by atoms with van der Waals surface area (Å²) in [7, 11) is 4.83. The topological polar surface area (TPSA) is 13.1 Å². The Kier molecular flexibility index (Phi) is 6.97. The van der Waals surface area contributed by atoms with Crippen molar-refractivity contribution < 1.29 is 29.3 Å². The zero-order valence-electron chi connectivity index (χ0n) is 3.80. The van der Waals surface area contributed by atoms with Crippen molar-refractivity contribution in [1.29, 1.82) is 0 Å². The van der Waals surface area contributed by atoms with Crippen LogP contribution in [0.1, 0.15) is 0 Å². The fourth-order valence-corrected chi connectivity index (χ4v) is 0.227. The van der Waals surface area contributed by atoms with Gasteiger partial charge in [0.1, 0.15) is 0 Å². The maximum absolute atomic E-state index is 4.83. The third-order valence-corrected chi connectivity index (χ3v) is 0.425. The van der Waals surface area contributed by atoms with Crippen molar-refractivity contribution >= 4 is 8.25 Å². The van der Waals surface area contributed by atoms with Crippen LogP contribution in [0.25, 0.3) is 0 Å². The Morgan fingerprint density at radius 3 is 1.71 bits per heavy atom. The Balaban J connectivity index is 0.000000162. The Bertz CT molecular complexity index is 68.2. The first-order valence-corrected chi connectivity index (χ1v) is 8.51. The molecule has 0 atom stereocenters. The van der Waals surface area contributed by atoms with Gasteiger partial charge in [-0.25, -0.2) is 0 Å². The maximum Gasteiger partial charge on any atom is 0.0902 e. The van der Waals surface area contributed by atoms with Gasteiger partial charge in [-0.1, -0.05) is 0 Å². The second kappa shape index (κ2) is 6.51. The number of rotatable bonds is 0. The first kappa shape index (κ1) is 7.51. The summed E-state index contributed by atoms with van der Waals surface area (Å²) < 4.78 is 4.58. The molecule has 0 unspecified atom stereocenters. The van der Waals surface area contributed by atoms with Crippen LogP contribution in [0.2, 0.25) is 0 Å². The van der Waals surface area contributed by atoms with Crippen molar-refractivity contribution in [3.63, 3.8) is 0 Å². The van der Waals surface area contributed by atoms with Crippen molar-refractivity contribution in [2.75, 3.05) is 0 Å². The van der Waals surface area contributed by atoms with Crippen LogP contribution in [0.3, 0.4) is 0 Å². The van der Waals surface area contributed by atoms with Gasteiger partial charge in [0.2, 0.25) is 0 Å². The van der Waals surface area contributed by atoms with E-state index in [9.17, 15) is 0 Å². The molecule has 1 rings (SSSR count). The van der Waals surface area contributed by atoms with E-state index in [0.29, 0.717) is 24.9 Å². The molecule has 0 fully saturated rings. The summed E-state index contributed by atoms with van der Waals surface area (Å²) in [5.41, 5.74) is 0. The molecule has 1 nitrogen and oxygen atoms in total. The van der Waals surface area contributed by atoms with E-state index in [-0.39, 0.29) is 0 Å². The molecule has 0 aliphatic heterocycles. The van der Waals surface area contributed by atoms with Crippen molar-refractivity contribution in [3.8, 4) is 0 Å². The summed E-state index contributed by atoms with van der Waals surface area (Å²) in [5.74, 6) is 0. The summed E-state index contributed by atoms with van der Waals surface area (Å²) >= 11 is 0.500. The molecule has 1 aromatic rings. The van der Waals surface area contributed by atoms with Crippen LogP contribution in [-0.2, 0) is 24.9 Å². The van der Waals surface area contributed by atoms with E-state index in [4.69, 9.17) is 8.25 Å². The predicted octanol–water partition coefficient (Wildman–Crippen LogP) is 1.97. The minimum Gasteiger partial charge on any atom is -0.473 e. The zero-order valence-corrected chi connectivity index (χ0v) is 10.1. The minimum absolute atomic E-state index is 0.500. The van der Waals surface area contributed by atoms with E-state index in [1.54, 1.807) is 12.5 Å². The first-order chi connectivity index (χ1) is 3.50. The molecule has 1 aromatic heterocycles. The zero-order chi connectivity index (χ0) is 5.54. The molecule has 0 saturated carbocycles. The van der Waals surface area contributed by atoms with Gasteiger partial charge < -0.3 is 4.42 Å². The average molecular weight is 304 g/mol. The third-order valence-electron chi connectivity index (χ3n) is 0.425. The number of halogens is 1. The van der Waals surface area contributed by atoms with Gasteiger partial charge in [0.25, 0.3) is 0 Å². The first-order valence-electron chi connectivity index (χ1n) is 1.74. The van der Waals surface area contributed by atoms with E-state index in [1.165, 1.54) is 0 Å². The predicted molar refractivity (Wildman–Crippen MR) is 24.6 cm³/mol. The van der Waals surface area contributed by atoms with Gasteiger partial charge in [0.15, 0.2) is 0 Å². The molecule has 0 amide bonds. The van der Waals surface area contributed by atoms with Crippen LogP contribution in [0, 0.1) is 0 Å². The molecule has 1 heterocycles. The molecule has 35 valence electrons. The number of hydrogen-bond acceptors (Lipinski definition) is 1. The second-order valence-electron chi connectivity index (χ2n) is 0.793. The van der Waals surface area contributed by atoms with Crippen LogP contribution >= 0.6 is 8.25 Å². The monoisotopic (exact) mass is 305 g/mol. The van der Waals surface area contributed by atoms with Crippen LogP contribution < -0.4 is 0 Å². The molecule has 0 spiro atoms. The van der Waals surface area contributed by atoms with Gasteiger partial charge in [0.05, 0.1) is 12.5 Å². The van der Waals surface area contributed by atoms with Gasteiger partial charge in [0, 0.05) is 0 Å². The molecule has 0 bridgehead atoms. The molecular formula is C4H4ClHgO. The third kappa shape index (κ3) is 4.36. The summed E-state index contributed by atoms with van der Waals surface area (Å²) in [5, 5.41) is 0. The van der Waals surface area contributed by atoms with Gasteiger partial charge in [-0.15, -0.1) is 0 Å². The molecule has 3 heteroatoms. The largest absolute Gasteiger partial charge is 0.473 e. The van der Waals surface area contributed by atoms with E-state index in [1.807, 2.05) is 12.1 Å². The summed E-state index contributed by atoms with van der Waals surface area (Å²) in [6.07, 6.45) is 3.25. The molecule has 0 aliphatic carbocycles. The molecule has 0 radical (unpaired) electrons. The fourth-order valence-electron chi connectivity index (χ4n) is 0.227. The Labute approximate surface area is 62.1 Å². The van der Waals surface area contributed by atoms with Crippen LogP contribution in [-0.4, -0.2) is 0 Å². The van der Waals surface area contributed by atoms with Crippen molar-refractivity contribution in [1.82, 2.24) is 0 Å². The maximum atomic E-state index is 4.83. The van der Waals surface area contributed by atoms with Crippen molar-refractivity contribution in [2.24, 2.45) is 0 Å². The van der Waals surface area contributed by atoms with Crippen LogP contribution in [0.15, 0.2) is 29.1 Å². The van der Waals surface area contributed by atoms with Crippen LogP contribution in [0.5, 0.6) is 0 Å². The Morgan fingerprint density at radius 2 is 1.57 bits per heavy atom. The van der Waals surface area contributed by atoms with E-state index < -0.39 is 0 Å². The van der Waals surface area contributed by atoms with Gasteiger partial charge in [-0.05, 0) is 12.1 Å². The summed E-state index contributed by atoms with van der Waals surface area (Å²) in [4.78, 5) is 0. The smallest absolute Gasteiger partial charge is 0.0902 e. The molecule has 0 aromatic carbocycles. The number of hydrogen-bond donors (Lipinski definition) is 0. The molecule has 0 N–H and O–H groups in total. The van der Waals surface area contributed by atoms with E-state index >= 15 is 0 Å². The van der Waals surface area contributed by atoms with Gasteiger partial charge in [-0.3, -0.25) is 0 Å². The number of furan rings is 1. The molecule has 7 heavy (non-hydrogen) atoms. The summed E-state index contributed by atoms with van der Waals surface area (Å²) in [6.45, 7) is 0. The van der Waals surface area contributed by atoms with E-state index in [0.717, 1.165) is 0 Å². The van der Waals surface area contributed by atoms with E-state index in [2.05, 4.69) is 4.42 Å². The second-order valence-corrected chi connectivity index (χ2v) is 0.793. The average Bonchev–Trinajstić information content (AvgIpc) is 2.23. The SMILES string of the molecule is [Cl][Hg].c1ccoc1. The quantitative estimate of drug-likeness (QED) is 0.668.